The summed E-state index contributed by atoms with van der Waals surface area (Å²) in [5, 5.41) is 2.70. The van der Waals surface area contributed by atoms with Crippen molar-refractivity contribution in [3.8, 4) is 0 Å². The van der Waals surface area contributed by atoms with E-state index in [0.29, 0.717) is 17.8 Å². The van der Waals surface area contributed by atoms with Crippen LogP contribution in [0.1, 0.15) is 38.8 Å². The number of ketones is 1. The predicted molar refractivity (Wildman–Crippen MR) is 105 cm³/mol. The first kappa shape index (κ1) is 18.3. The third kappa shape index (κ3) is 4.20. The van der Waals surface area contributed by atoms with E-state index < -0.39 is 5.91 Å². The van der Waals surface area contributed by atoms with Crippen LogP contribution in [0.3, 0.4) is 0 Å². The van der Waals surface area contributed by atoms with Crippen molar-refractivity contribution in [1.82, 2.24) is 4.57 Å². The number of rotatable bonds is 5. The third-order valence-corrected chi connectivity index (χ3v) is 4.42. The van der Waals surface area contributed by atoms with Crippen molar-refractivity contribution >= 4 is 17.4 Å². The van der Waals surface area contributed by atoms with Gasteiger partial charge in [0, 0.05) is 17.4 Å². The molecule has 5 nitrogen and oxygen atoms in total. The maximum Gasteiger partial charge on any atom is 0.263 e. The van der Waals surface area contributed by atoms with Gasteiger partial charge in [-0.2, -0.15) is 0 Å². The molecule has 2 aromatic carbocycles. The minimum atomic E-state index is -0.477. The van der Waals surface area contributed by atoms with Gasteiger partial charge in [-0.3, -0.25) is 14.4 Å². The van der Waals surface area contributed by atoms with E-state index in [1.807, 2.05) is 31.2 Å². The molecule has 0 unspecified atom stereocenters. The number of carbonyl (C=O) groups excluding carboxylic acids is 2. The number of carbonyl (C=O) groups is 2. The van der Waals surface area contributed by atoms with Crippen LogP contribution in [0.2, 0.25) is 0 Å². The molecule has 3 aromatic rings. The lowest BCUT2D eigenvalue weighted by Crippen LogP contribution is -2.29. The summed E-state index contributed by atoms with van der Waals surface area (Å²) in [5.74, 6) is -0.523. The van der Waals surface area contributed by atoms with Crippen LogP contribution in [-0.2, 0) is 6.54 Å². The molecule has 1 aromatic heterocycles. The van der Waals surface area contributed by atoms with Crippen LogP contribution in [0, 0.1) is 6.92 Å². The summed E-state index contributed by atoms with van der Waals surface area (Å²) in [4.78, 5) is 36.6. The number of benzene rings is 2. The lowest BCUT2D eigenvalue weighted by atomic mass is 10.1. The van der Waals surface area contributed by atoms with Gasteiger partial charge >= 0.3 is 0 Å². The van der Waals surface area contributed by atoms with Crippen LogP contribution in [0.25, 0.3) is 0 Å². The molecule has 0 aliphatic heterocycles. The van der Waals surface area contributed by atoms with Crippen LogP contribution in [0.5, 0.6) is 0 Å². The van der Waals surface area contributed by atoms with E-state index in [9.17, 15) is 14.4 Å². The van der Waals surface area contributed by atoms with Crippen molar-refractivity contribution in [3.05, 3.63) is 99.5 Å². The highest BCUT2D eigenvalue weighted by Gasteiger charge is 2.13. The van der Waals surface area contributed by atoms with E-state index in [-0.39, 0.29) is 16.9 Å². The number of hydrogen-bond acceptors (Lipinski definition) is 3. The Bertz CT molecular complexity index is 1050. The number of amides is 1. The van der Waals surface area contributed by atoms with Crippen LogP contribution >= 0.6 is 0 Å². The molecule has 3 rings (SSSR count). The molecule has 0 bridgehead atoms. The highest BCUT2D eigenvalue weighted by molar-refractivity contribution is 6.04. The minimum Gasteiger partial charge on any atom is -0.322 e. The van der Waals surface area contributed by atoms with E-state index >= 15 is 0 Å². The molecule has 0 saturated carbocycles. The summed E-state index contributed by atoms with van der Waals surface area (Å²) >= 11 is 0. The first-order valence-corrected chi connectivity index (χ1v) is 8.62. The van der Waals surface area contributed by atoms with Gasteiger partial charge in [-0.15, -0.1) is 0 Å². The van der Waals surface area contributed by atoms with Gasteiger partial charge in [-0.1, -0.05) is 24.3 Å². The Morgan fingerprint density at radius 2 is 1.67 bits per heavy atom. The molecule has 0 atom stereocenters. The molecule has 0 spiro atoms. The fraction of sp³-hybridized carbons (Fsp3) is 0.136. The summed E-state index contributed by atoms with van der Waals surface area (Å²) in [5.41, 5.74) is 2.93. The Kier molecular flexibility index (Phi) is 5.31. The van der Waals surface area contributed by atoms with Crippen LogP contribution < -0.4 is 10.9 Å². The van der Waals surface area contributed by atoms with Crippen molar-refractivity contribution < 1.29 is 9.59 Å². The first-order valence-electron chi connectivity index (χ1n) is 8.62. The minimum absolute atomic E-state index is 0.0463. The molecule has 1 N–H and O–H groups in total. The largest absolute Gasteiger partial charge is 0.322 e. The Morgan fingerprint density at radius 3 is 2.33 bits per heavy atom. The van der Waals surface area contributed by atoms with E-state index in [0.717, 1.165) is 11.1 Å². The summed E-state index contributed by atoms with van der Waals surface area (Å²) in [6.45, 7) is 3.87. The lowest BCUT2D eigenvalue weighted by molar-refractivity contribution is 0.101. The number of nitrogens with zero attached hydrogens (tertiary/aromatic N) is 1. The second kappa shape index (κ2) is 7.83. The number of pyridine rings is 1. The zero-order chi connectivity index (χ0) is 19.4. The standard InChI is InChI=1S/C22H20N2O3/c1-15-6-3-4-7-18(15)14-24-13-5-8-20(22(24)27)21(26)23-19-11-9-17(10-12-19)16(2)25/h3-13H,14H2,1-2H3,(H,23,26). The number of aryl methyl sites for hydroxylation is 1. The van der Waals surface area contributed by atoms with Gasteiger partial charge in [0.1, 0.15) is 5.56 Å². The predicted octanol–water partition coefficient (Wildman–Crippen LogP) is 3.66. The van der Waals surface area contributed by atoms with Gasteiger partial charge in [-0.05, 0) is 61.4 Å². The van der Waals surface area contributed by atoms with E-state index in [1.54, 1.807) is 36.5 Å². The fourth-order valence-electron chi connectivity index (χ4n) is 2.79. The van der Waals surface area contributed by atoms with Crippen molar-refractivity contribution in [2.75, 3.05) is 5.32 Å². The van der Waals surface area contributed by atoms with Gasteiger partial charge in [0.2, 0.25) is 0 Å². The molecule has 0 radical (unpaired) electrons. The van der Waals surface area contributed by atoms with E-state index in [4.69, 9.17) is 0 Å². The number of hydrogen-bond donors (Lipinski definition) is 1. The highest BCUT2D eigenvalue weighted by Crippen LogP contribution is 2.12. The fourth-order valence-corrected chi connectivity index (χ4v) is 2.79. The molecule has 0 fully saturated rings. The molecule has 0 saturated heterocycles. The number of anilines is 1. The Hall–Kier alpha value is -3.47. The maximum absolute atomic E-state index is 12.7. The first-order chi connectivity index (χ1) is 13.0. The average Bonchev–Trinajstić information content (AvgIpc) is 2.65. The van der Waals surface area contributed by atoms with E-state index in [1.165, 1.54) is 17.6 Å². The smallest absolute Gasteiger partial charge is 0.263 e. The zero-order valence-electron chi connectivity index (χ0n) is 15.2. The number of nitrogens with one attached hydrogen (secondary N) is 1. The average molecular weight is 360 g/mol. The topological polar surface area (TPSA) is 68.2 Å². The van der Waals surface area contributed by atoms with Crippen LogP contribution in [-0.4, -0.2) is 16.3 Å². The zero-order valence-corrected chi connectivity index (χ0v) is 15.2. The lowest BCUT2D eigenvalue weighted by Gasteiger charge is -2.11. The van der Waals surface area contributed by atoms with Gasteiger partial charge in [0.15, 0.2) is 5.78 Å². The second-order valence-corrected chi connectivity index (χ2v) is 6.37. The number of aromatic nitrogens is 1. The van der Waals surface area contributed by atoms with Gasteiger partial charge < -0.3 is 9.88 Å². The van der Waals surface area contributed by atoms with Crippen molar-refractivity contribution in [2.24, 2.45) is 0 Å². The summed E-state index contributed by atoms with van der Waals surface area (Å²) in [6, 6.07) is 17.6. The molecular weight excluding hydrogens is 340 g/mol. The Balaban J connectivity index is 1.82. The summed E-state index contributed by atoms with van der Waals surface area (Å²) in [6.07, 6.45) is 1.67. The number of Topliss-reactive ketones (excluding diaryl/α,β-unsaturated/α-hetero) is 1. The maximum atomic E-state index is 12.7. The SMILES string of the molecule is CC(=O)c1ccc(NC(=O)c2cccn(Cc3ccccc3C)c2=O)cc1. The van der Waals surface area contributed by atoms with Crippen molar-refractivity contribution in [3.63, 3.8) is 0 Å². The van der Waals surface area contributed by atoms with Gasteiger partial charge in [0.25, 0.3) is 11.5 Å². The summed E-state index contributed by atoms with van der Waals surface area (Å²) < 4.78 is 1.52. The molecule has 136 valence electrons. The second-order valence-electron chi connectivity index (χ2n) is 6.37. The molecule has 5 heteroatoms. The van der Waals surface area contributed by atoms with E-state index in [2.05, 4.69) is 5.32 Å². The molecule has 1 amide bonds. The highest BCUT2D eigenvalue weighted by atomic mass is 16.2. The molecule has 27 heavy (non-hydrogen) atoms. The van der Waals surface area contributed by atoms with Crippen LogP contribution in [0.15, 0.2) is 71.7 Å². The quantitative estimate of drug-likeness (QED) is 0.706. The van der Waals surface area contributed by atoms with Crippen molar-refractivity contribution in [1.29, 1.82) is 0 Å². The Labute approximate surface area is 157 Å². The monoisotopic (exact) mass is 360 g/mol. The Morgan fingerprint density at radius 1 is 0.963 bits per heavy atom. The molecule has 1 heterocycles. The normalized spacial score (nSPS) is 10.4. The summed E-state index contributed by atoms with van der Waals surface area (Å²) in [7, 11) is 0. The molecule has 0 aliphatic rings. The third-order valence-electron chi connectivity index (χ3n) is 4.42. The van der Waals surface area contributed by atoms with Crippen LogP contribution in [0.4, 0.5) is 5.69 Å². The molecule has 0 aliphatic carbocycles. The van der Waals surface area contributed by atoms with Gasteiger partial charge in [0.05, 0.1) is 6.54 Å². The van der Waals surface area contributed by atoms with Crippen molar-refractivity contribution in [2.45, 2.75) is 20.4 Å². The van der Waals surface area contributed by atoms with Gasteiger partial charge in [-0.25, -0.2) is 0 Å². The molecular formula is C22H20N2O3.